The second-order valence-corrected chi connectivity index (χ2v) is 11.4. The van der Waals surface area contributed by atoms with E-state index in [2.05, 4.69) is 27.7 Å². The minimum Gasteiger partial charge on any atom is -0.396 e. The lowest BCUT2D eigenvalue weighted by atomic mass is 9.81. The van der Waals surface area contributed by atoms with Crippen molar-refractivity contribution >= 4 is 21.6 Å². The Labute approximate surface area is 194 Å². The molecule has 4 N–H and O–H groups in total. The predicted molar refractivity (Wildman–Crippen MR) is 133 cm³/mol. The van der Waals surface area contributed by atoms with Gasteiger partial charge in [-0.25, -0.2) is 0 Å². The lowest BCUT2D eigenvalue weighted by Gasteiger charge is -2.29. The molecule has 0 bridgehead atoms. The van der Waals surface area contributed by atoms with Gasteiger partial charge in [-0.2, -0.15) is 0 Å². The van der Waals surface area contributed by atoms with Crippen molar-refractivity contribution in [2.75, 3.05) is 13.2 Å². The fourth-order valence-electron chi connectivity index (χ4n) is 4.81. The molecule has 30 heavy (non-hydrogen) atoms. The van der Waals surface area contributed by atoms with Gasteiger partial charge in [0.25, 0.3) is 0 Å². The Kier molecular flexibility index (Phi) is 20.5. The zero-order chi connectivity index (χ0) is 22.8. The molecule has 0 aliphatic carbocycles. The van der Waals surface area contributed by atoms with Gasteiger partial charge in [-0.3, -0.25) is 0 Å². The summed E-state index contributed by atoms with van der Waals surface area (Å²) in [6, 6.07) is 0. The summed E-state index contributed by atoms with van der Waals surface area (Å²) < 4.78 is 0. The first-order valence-electron chi connectivity index (χ1n) is 12.4. The standard InChI is InChI=1S/C24H50O4S2/c1-5-11-19(7-3)21(13-9-15-25)17-23(27)29-30-24(28)18-22(14-10-16-26)20(8-4)12-6-2/h19-28H,5-18H2,1-4H3. The highest BCUT2D eigenvalue weighted by atomic mass is 33.1. The van der Waals surface area contributed by atoms with Crippen molar-refractivity contribution in [2.45, 2.75) is 116 Å². The Morgan fingerprint density at radius 1 is 0.567 bits per heavy atom. The molecule has 0 saturated heterocycles. The van der Waals surface area contributed by atoms with Gasteiger partial charge in [0.15, 0.2) is 0 Å². The topological polar surface area (TPSA) is 80.9 Å². The zero-order valence-corrected chi connectivity index (χ0v) is 21.6. The molecule has 182 valence electrons. The number of hydrogen-bond acceptors (Lipinski definition) is 6. The number of rotatable bonds is 21. The zero-order valence-electron chi connectivity index (χ0n) is 20.0. The minimum atomic E-state index is -0.493. The van der Waals surface area contributed by atoms with Crippen molar-refractivity contribution in [3.05, 3.63) is 0 Å². The lowest BCUT2D eigenvalue weighted by molar-refractivity contribution is 0.165. The quantitative estimate of drug-likeness (QED) is 0.119. The Balaban J connectivity index is 4.68. The first-order chi connectivity index (χ1) is 14.5. The fraction of sp³-hybridized carbons (Fsp3) is 1.00. The molecule has 6 heteroatoms. The Bertz CT molecular complexity index is 339. The normalized spacial score (nSPS) is 18.0. The van der Waals surface area contributed by atoms with Crippen LogP contribution in [0.3, 0.4) is 0 Å². The van der Waals surface area contributed by atoms with Crippen LogP contribution >= 0.6 is 21.6 Å². The maximum Gasteiger partial charge on any atom is 0.110 e. The molecule has 4 nitrogen and oxygen atoms in total. The van der Waals surface area contributed by atoms with Crippen LogP contribution in [0.15, 0.2) is 0 Å². The van der Waals surface area contributed by atoms with E-state index in [1.54, 1.807) is 0 Å². The van der Waals surface area contributed by atoms with Crippen LogP contribution in [0.4, 0.5) is 0 Å². The summed E-state index contributed by atoms with van der Waals surface area (Å²) in [6.07, 6.45) is 11.8. The van der Waals surface area contributed by atoms with Crippen LogP contribution < -0.4 is 0 Å². The molecule has 0 heterocycles. The van der Waals surface area contributed by atoms with Gasteiger partial charge >= 0.3 is 0 Å². The van der Waals surface area contributed by atoms with Crippen LogP contribution in [-0.4, -0.2) is 44.5 Å². The molecule has 0 aromatic heterocycles. The summed E-state index contributed by atoms with van der Waals surface area (Å²) in [5.41, 5.74) is -0.986. The molecule has 0 saturated carbocycles. The molecule has 0 aromatic carbocycles. The molecule has 0 aliphatic heterocycles. The molecule has 6 unspecified atom stereocenters. The van der Waals surface area contributed by atoms with Crippen LogP contribution in [0.2, 0.25) is 0 Å². The summed E-state index contributed by atoms with van der Waals surface area (Å²) >= 11 is 0. The van der Waals surface area contributed by atoms with Gasteiger partial charge in [0, 0.05) is 13.2 Å². The predicted octanol–water partition coefficient (Wildman–Crippen LogP) is 6.21. The first-order valence-corrected chi connectivity index (χ1v) is 14.6. The molecule has 0 rings (SSSR count). The van der Waals surface area contributed by atoms with E-state index >= 15 is 0 Å². The lowest BCUT2D eigenvalue weighted by Crippen LogP contribution is -2.21. The molecule has 0 aromatic rings. The Morgan fingerprint density at radius 3 is 1.20 bits per heavy atom. The van der Waals surface area contributed by atoms with Crippen LogP contribution in [0.1, 0.15) is 105 Å². The second-order valence-electron chi connectivity index (χ2n) is 8.74. The van der Waals surface area contributed by atoms with Crippen LogP contribution in [0.25, 0.3) is 0 Å². The van der Waals surface area contributed by atoms with Gasteiger partial charge in [0.1, 0.15) is 10.9 Å². The van der Waals surface area contributed by atoms with Crippen LogP contribution in [-0.2, 0) is 0 Å². The highest BCUT2D eigenvalue weighted by molar-refractivity contribution is 8.77. The van der Waals surface area contributed by atoms with E-state index in [0.717, 1.165) is 64.2 Å². The summed E-state index contributed by atoms with van der Waals surface area (Å²) in [5, 5.41) is 39.7. The molecule has 0 fully saturated rings. The van der Waals surface area contributed by atoms with Gasteiger partial charge in [0.05, 0.1) is 0 Å². The second kappa shape index (κ2) is 20.2. The van der Waals surface area contributed by atoms with Crippen molar-refractivity contribution in [2.24, 2.45) is 23.7 Å². The van der Waals surface area contributed by atoms with E-state index in [1.165, 1.54) is 34.4 Å². The average Bonchev–Trinajstić information content (AvgIpc) is 2.74. The van der Waals surface area contributed by atoms with Crippen LogP contribution in [0.5, 0.6) is 0 Å². The van der Waals surface area contributed by atoms with Gasteiger partial charge < -0.3 is 20.4 Å². The van der Waals surface area contributed by atoms with E-state index in [-0.39, 0.29) is 13.2 Å². The van der Waals surface area contributed by atoms with E-state index in [1.807, 2.05) is 0 Å². The van der Waals surface area contributed by atoms with Crippen molar-refractivity contribution in [1.82, 2.24) is 0 Å². The van der Waals surface area contributed by atoms with Gasteiger partial charge in [-0.15, -0.1) is 0 Å². The number of aliphatic hydroxyl groups is 4. The third-order valence-electron chi connectivity index (χ3n) is 6.45. The largest absolute Gasteiger partial charge is 0.396 e. The van der Waals surface area contributed by atoms with Gasteiger partial charge in [-0.05, 0) is 62.2 Å². The monoisotopic (exact) mass is 466 g/mol. The summed E-state index contributed by atoms with van der Waals surface area (Å²) in [4.78, 5) is 0. The third kappa shape index (κ3) is 13.8. The van der Waals surface area contributed by atoms with Crippen molar-refractivity contribution < 1.29 is 20.4 Å². The summed E-state index contributed by atoms with van der Waals surface area (Å²) in [6.45, 7) is 9.27. The van der Waals surface area contributed by atoms with Crippen LogP contribution in [0, 0.1) is 23.7 Å². The van der Waals surface area contributed by atoms with E-state index in [4.69, 9.17) is 0 Å². The highest BCUT2D eigenvalue weighted by Crippen LogP contribution is 2.39. The van der Waals surface area contributed by atoms with Gasteiger partial charge in [0.2, 0.25) is 0 Å². The maximum atomic E-state index is 10.6. The van der Waals surface area contributed by atoms with Gasteiger partial charge in [-0.1, -0.05) is 87.8 Å². The number of hydrogen-bond donors (Lipinski definition) is 4. The van der Waals surface area contributed by atoms with E-state index in [0.29, 0.717) is 23.7 Å². The molecule has 0 radical (unpaired) electrons. The third-order valence-corrected chi connectivity index (χ3v) is 9.06. The summed E-state index contributed by atoms with van der Waals surface area (Å²) in [7, 11) is 2.80. The SMILES string of the molecule is CCCC(CC)C(CCCO)CC(O)SSC(O)CC(CCCO)C(CC)CCC. The molecular weight excluding hydrogens is 416 g/mol. The fourth-order valence-corrected chi connectivity index (χ4v) is 6.96. The maximum absolute atomic E-state index is 10.6. The molecule has 0 amide bonds. The molecule has 0 spiro atoms. The minimum absolute atomic E-state index is 0.210. The Hall–Kier alpha value is 0.540. The average molecular weight is 467 g/mol. The number of aliphatic hydroxyl groups excluding tert-OH is 4. The van der Waals surface area contributed by atoms with E-state index in [9.17, 15) is 20.4 Å². The van der Waals surface area contributed by atoms with Crippen molar-refractivity contribution in [3.8, 4) is 0 Å². The molecular formula is C24H50O4S2. The highest BCUT2D eigenvalue weighted by Gasteiger charge is 2.25. The summed E-state index contributed by atoms with van der Waals surface area (Å²) in [5.74, 6) is 2.03. The Morgan fingerprint density at radius 2 is 0.933 bits per heavy atom. The smallest absolute Gasteiger partial charge is 0.110 e. The molecule has 0 aliphatic rings. The molecule has 6 atom stereocenters. The van der Waals surface area contributed by atoms with E-state index < -0.39 is 10.9 Å². The van der Waals surface area contributed by atoms with Crippen molar-refractivity contribution in [3.63, 3.8) is 0 Å². The first kappa shape index (κ1) is 30.5. The van der Waals surface area contributed by atoms with Crippen molar-refractivity contribution in [1.29, 1.82) is 0 Å².